The Morgan fingerprint density at radius 2 is 2.06 bits per heavy atom. The van der Waals surface area contributed by atoms with Gasteiger partial charge in [0.15, 0.2) is 0 Å². The van der Waals surface area contributed by atoms with Gasteiger partial charge in [-0.25, -0.2) is 0 Å². The molecule has 4 atom stereocenters. The lowest BCUT2D eigenvalue weighted by Crippen LogP contribution is -2.53. The highest BCUT2D eigenvalue weighted by molar-refractivity contribution is 5.12. The van der Waals surface area contributed by atoms with E-state index in [1.807, 2.05) is 0 Å². The minimum Gasteiger partial charge on any atom is -0.396 e. The maximum Gasteiger partial charge on any atom is 0.0445 e. The van der Waals surface area contributed by atoms with Crippen molar-refractivity contribution in [3.63, 3.8) is 0 Å². The molecule has 0 aliphatic heterocycles. The van der Waals surface area contributed by atoms with Gasteiger partial charge in [-0.2, -0.15) is 0 Å². The van der Waals surface area contributed by atoms with E-state index in [1.165, 1.54) is 19.3 Å². The normalized spacial score (nSPS) is 42.6. The molecule has 0 saturated heterocycles. The molecule has 0 aromatic heterocycles. The standard InChI is InChI=1S/C14H27NO/c1-10(6-8-16)15-12-13(2,3)11-5-7-14(12,4)9-11/h10-12,15-16H,5-9H2,1-4H3/t10-,11?,12?,14?/m1/s1. The van der Waals surface area contributed by atoms with Crippen LogP contribution in [0.15, 0.2) is 0 Å². The van der Waals surface area contributed by atoms with Crippen LogP contribution < -0.4 is 5.32 Å². The number of aliphatic hydroxyl groups excluding tert-OH is 1. The summed E-state index contributed by atoms with van der Waals surface area (Å²) in [6, 6.07) is 1.06. The Bertz CT molecular complexity index is 259. The molecular formula is C14H27NO. The first kappa shape index (κ1) is 12.4. The first-order valence-electron chi connectivity index (χ1n) is 6.77. The Hall–Kier alpha value is -0.0800. The maximum absolute atomic E-state index is 9.00. The smallest absolute Gasteiger partial charge is 0.0445 e. The zero-order chi connectivity index (χ0) is 12.0. The fourth-order valence-electron chi connectivity index (χ4n) is 4.28. The molecule has 2 aliphatic rings. The van der Waals surface area contributed by atoms with E-state index >= 15 is 0 Å². The van der Waals surface area contributed by atoms with E-state index in [9.17, 15) is 0 Å². The highest BCUT2D eigenvalue weighted by atomic mass is 16.3. The molecule has 2 heteroatoms. The molecule has 0 aromatic carbocycles. The average Bonchev–Trinajstić information content (AvgIpc) is 2.64. The molecule has 2 aliphatic carbocycles. The first-order valence-corrected chi connectivity index (χ1v) is 6.77. The van der Waals surface area contributed by atoms with E-state index in [0.29, 0.717) is 29.5 Å². The summed E-state index contributed by atoms with van der Waals surface area (Å²) in [5, 5.41) is 12.8. The van der Waals surface area contributed by atoms with Crippen LogP contribution in [0.4, 0.5) is 0 Å². The van der Waals surface area contributed by atoms with E-state index in [1.54, 1.807) is 0 Å². The molecule has 0 heterocycles. The molecule has 0 amide bonds. The Morgan fingerprint density at radius 3 is 2.56 bits per heavy atom. The van der Waals surface area contributed by atoms with E-state index < -0.39 is 0 Å². The van der Waals surface area contributed by atoms with E-state index in [-0.39, 0.29) is 0 Å². The molecule has 2 saturated carbocycles. The SMILES string of the molecule is C[C@H](CCO)NC1C2(C)CCC(C2)C1(C)C. The topological polar surface area (TPSA) is 32.3 Å². The van der Waals surface area contributed by atoms with Crippen molar-refractivity contribution in [2.75, 3.05) is 6.61 Å². The van der Waals surface area contributed by atoms with Crippen molar-refractivity contribution in [1.82, 2.24) is 5.32 Å². The lowest BCUT2D eigenvalue weighted by Gasteiger charge is -2.44. The second-order valence-electron chi connectivity index (χ2n) is 6.93. The second-order valence-corrected chi connectivity index (χ2v) is 6.93. The Labute approximate surface area is 99.8 Å². The van der Waals surface area contributed by atoms with Crippen molar-refractivity contribution in [3.05, 3.63) is 0 Å². The van der Waals surface area contributed by atoms with Gasteiger partial charge in [-0.1, -0.05) is 20.8 Å². The minimum absolute atomic E-state index is 0.293. The quantitative estimate of drug-likeness (QED) is 0.770. The third kappa shape index (κ3) is 1.80. The molecule has 2 bridgehead atoms. The summed E-state index contributed by atoms with van der Waals surface area (Å²) < 4.78 is 0. The van der Waals surface area contributed by atoms with E-state index in [4.69, 9.17) is 5.11 Å². The van der Waals surface area contributed by atoms with Gasteiger partial charge in [-0.05, 0) is 49.4 Å². The Kier molecular flexibility index (Phi) is 3.09. The summed E-state index contributed by atoms with van der Waals surface area (Å²) in [5.41, 5.74) is 0.925. The zero-order valence-corrected chi connectivity index (χ0v) is 11.2. The molecule has 0 aromatic rings. The Balaban J connectivity index is 2.08. The van der Waals surface area contributed by atoms with Crippen LogP contribution in [0.5, 0.6) is 0 Å². The highest BCUT2D eigenvalue weighted by Crippen LogP contribution is 2.62. The Morgan fingerprint density at radius 1 is 1.38 bits per heavy atom. The van der Waals surface area contributed by atoms with Gasteiger partial charge in [-0.3, -0.25) is 0 Å². The monoisotopic (exact) mass is 225 g/mol. The second kappa shape index (κ2) is 3.99. The van der Waals surface area contributed by atoms with Gasteiger partial charge >= 0.3 is 0 Å². The fraction of sp³-hybridized carbons (Fsp3) is 1.00. The van der Waals surface area contributed by atoms with Crippen LogP contribution in [-0.2, 0) is 0 Å². The lowest BCUT2D eigenvalue weighted by atomic mass is 9.68. The molecule has 2 N–H and O–H groups in total. The number of hydrogen-bond acceptors (Lipinski definition) is 2. The van der Waals surface area contributed by atoms with Gasteiger partial charge in [-0.15, -0.1) is 0 Å². The number of hydrogen-bond donors (Lipinski definition) is 2. The first-order chi connectivity index (χ1) is 7.40. The van der Waals surface area contributed by atoms with Crippen molar-refractivity contribution in [1.29, 1.82) is 0 Å². The van der Waals surface area contributed by atoms with E-state index in [0.717, 1.165) is 12.3 Å². The molecule has 0 radical (unpaired) electrons. The largest absolute Gasteiger partial charge is 0.396 e. The van der Waals surface area contributed by atoms with Crippen molar-refractivity contribution in [3.8, 4) is 0 Å². The molecule has 2 rings (SSSR count). The summed E-state index contributed by atoms with van der Waals surface area (Å²) in [5.74, 6) is 0.899. The summed E-state index contributed by atoms with van der Waals surface area (Å²) in [4.78, 5) is 0. The van der Waals surface area contributed by atoms with Crippen molar-refractivity contribution in [2.24, 2.45) is 16.7 Å². The van der Waals surface area contributed by atoms with E-state index in [2.05, 4.69) is 33.0 Å². The molecule has 94 valence electrons. The van der Waals surface area contributed by atoms with Crippen LogP contribution in [0.3, 0.4) is 0 Å². The summed E-state index contributed by atoms with van der Waals surface area (Å²) in [7, 11) is 0. The number of aliphatic hydroxyl groups is 1. The highest BCUT2D eigenvalue weighted by Gasteiger charge is 2.59. The molecule has 0 spiro atoms. The molecule has 2 nitrogen and oxygen atoms in total. The van der Waals surface area contributed by atoms with Crippen LogP contribution in [-0.4, -0.2) is 23.8 Å². The molecule has 16 heavy (non-hydrogen) atoms. The molecule has 3 unspecified atom stereocenters. The van der Waals surface area contributed by atoms with Crippen LogP contribution in [0.2, 0.25) is 0 Å². The van der Waals surface area contributed by atoms with Gasteiger partial charge in [0.25, 0.3) is 0 Å². The van der Waals surface area contributed by atoms with Crippen molar-refractivity contribution in [2.45, 2.75) is 65.5 Å². The third-order valence-corrected chi connectivity index (χ3v) is 5.28. The predicted molar refractivity (Wildman–Crippen MR) is 67.3 cm³/mol. The summed E-state index contributed by atoms with van der Waals surface area (Å²) in [6.45, 7) is 9.78. The van der Waals surface area contributed by atoms with Gasteiger partial charge < -0.3 is 10.4 Å². The van der Waals surface area contributed by atoms with Crippen LogP contribution >= 0.6 is 0 Å². The average molecular weight is 225 g/mol. The number of nitrogens with one attached hydrogen (secondary N) is 1. The minimum atomic E-state index is 0.293. The third-order valence-electron chi connectivity index (χ3n) is 5.28. The van der Waals surface area contributed by atoms with Gasteiger partial charge in [0.05, 0.1) is 0 Å². The van der Waals surface area contributed by atoms with Crippen LogP contribution in [0, 0.1) is 16.7 Å². The maximum atomic E-state index is 9.00. The lowest BCUT2D eigenvalue weighted by molar-refractivity contribution is 0.0961. The zero-order valence-electron chi connectivity index (χ0n) is 11.2. The van der Waals surface area contributed by atoms with Crippen molar-refractivity contribution >= 4 is 0 Å². The summed E-state index contributed by atoms with van der Waals surface area (Å²) >= 11 is 0. The molecular weight excluding hydrogens is 198 g/mol. The molecule has 2 fully saturated rings. The van der Waals surface area contributed by atoms with Crippen LogP contribution in [0.25, 0.3) is 0 Å². The van der Waals surface area contributed by atoms with Gasteiger partial charge in [0.1, 0.15) is 0 Å². The number of rotatable bonds is 4. The van der Waals surface area contributed by atoms with Gasteiger partial charge in [0.2, 0.25) is 0 Å². The van der Waals surface area contributed by atoms with Crippen molar-refractivity contribution < 1.29 is 5.11 Å². The fourth-order valence-corrected chi connectivity index (χ4v) is 4.28. The van der Waals surface area contributed by atoms with Crippen LogP contribution in [0.1, 0.15) is 53.4 Å². The predicted octanol–water partition coefficient (Wildman–Crippen LogP) is 2.56. The van der Waals surface area contributed by atoms with Gasteiger partial charge in [0, 0.05) is 18.7 Å². The number of fused-ring (bicyclic) bond motifs is 2. The summed E-state index contributed by atoms with van der Waals surface area (Å²) in [6.07, 6.45) is 5.05.